The third-order valence-corrected chi connectivity index (χ3v) is 7.60. The zero-order valence-electron chi connectivity index (χ0n) is 18.1. The highest BCUT2D eigenvalue weighted by atomic mass is 16.6. The summed E-state index contributed by atoms with van der Waals surface area (Å²) in [4.78, 5) is 11.9. The first kappa shape index (κ1) is 21.3. The van der Waals surface area contributed by atoms with Crippen LogP contribution in [-0.2, 0) is 19.0 Å². The van der Waals surface area contributed by atoms with Crippen molar-refractivity contribution in [3.8, 4) is 0 Å². The predicted molar refractivity (Wildman–Crippen MR) is 111 cm³/mol. The number of benzene rings is 1. The molecule has 4 rings (SSSR count). The molecule has 1 aromatic carbocycles. The molecular weight excluding hydrogens is 384 g/mol. The van der Waals surface area contributed by atoms with Gasteiger partial charge < -0.3 is 24.4 Å². The number of ether oxygens (including phenoxy) is 3. The number of hydrogen-bond acceptors (Lipinski definition) is 6. The molecule has 2 saturated carbocycles. The Labute approximate surface area is 177 Å². The summed E-state index contributed by atoms with van der Waals surface area (Å²) in [6, 6.07) is 9.83. The first-order chi connectivity index (χ1) is 14.1. The Morgan fingerprint density at radius 1 is 1.13 bits per heavy atom. The Hall–Kier alpha value is -1.89. The molecule has 164 valence electrons. The third-order valence-electron chi connectivity index (χ3n) is 7.60. The van der Waals surface area contributed by atoms with Gasteiger partial charge in [0.05, 0.1) is 29.5 Å². The monoisotopic (exact) mass is 416 g/mol. The van der Waals surface area contributed by atoms with E-state index in [4.69, 9.17) is 14.2 Å². The van der Waals surface area contributed by atoms with Gasteiger partial charge in [0.15, 0.2) is 0 Å². The molecule has 3 aliphatic rings. The second-order valence-electron chi connectivity index (χ2n) is 9.60. The number of fused-ring (bicyclic) bond motifs is 1. The lowest BCUT2D eigenvalue weighted by Crippen LogP contribution is -2.74. The molecule has 2 aliphatic carbocycles. The minimum atomic E-state index is -1.26. The molecule has 30 heavy (non-hydrogen) atoms. The lowest BCUT2D eigenvalue weighted by Gasteiger charge is -2.60. The van der Waals surface area contributed by atoms with Crippen LogP contribution in [0.2, 0.25) is 0 Å². The van der Waals surface area contributed by atoms with Crippen molar-refractivity contribution in [3.05, 3.63) is 42.2 Å². The summed E-state index contributed by atoms with van der Waals surface area (Å²) in [5, 5.41) is 22.5. The Bertz CT molecular complexity index is 820. The first-order valence-corrected chi connectivity index (χ1v) is 10.7. The molecule has 2 N–H and O–H groups in total. The van der Waals surface area contributed by atoms with Crippen LogP contribution in [0.3, 0.4) is 0 Å². The van der Waals surface area contributed by atoms with Crippen LogP contribution in [0.15, 0.2) is 36.6 Å². The van der Waals surface area contributed by atoms with E-state index in [-0.39, 0.29) is 11.9 Å². The van der Waals surface area contributed by atoms with Crippen molar-refractivity contribution >= 4 is 12.0 Å². The molecule has 6 nitrogen and oxygen atoms in total. The minimum Gasteiger partial charge on any atom is -0.497 e. The average molecular weight is 417 g/mol. The van der Waals surface area contributed by atoms with Crippen molar-refractivity contribution in [2.24, 2.45) is 11.3 Å². The summed E-state index contributed by atoms with van der Waals surface area (Å²) >= 11 is 0. The Morgan fingerprint density at radius 2 is 1.83 bits per heavy atom. The lowest BCUT2D eigenvalue weighted by molar-refractivity contribution is -0.299. The van der Waals surface area contributed by atoms with E-state index in [2.05, 4.69) is 0 Å². The van der Waals surface area contributed by atoms with Gasteiger partial charge in [-0.05, 0) is 51.7 Å². The van der Waals surface area contributed by atoms with E-state index in [9.17, 15) is 15.0 Å². The number of carbonyl (C=O) groups is 1. The van der Waals surface area contributed by atoms with Gasteiger partial charge in [-0.1, -0.05) is 30.3 Å². The van der Waals surface area contributed by atoms with Crippen LogP contribution in [0.25, 0.3) is 6.08 Å². The molecular formula is C24H32O6. The van der Waals surface area contributed by atoms with Crippen LogP contribution in [0.5, 0.6) is 0 Å². The van der Waals surface area contributed by atoms with Gasteiger partial charge in [0.25, 0.3) is 0 Å². The van der Waals surface area contributed by atoms with E-state index in [1.807, 2.05) is 57.2 Å². The fraction of sp³-hybridized carbons (Fsp3) is 0.625. The Kier molecular flexibility index (Phi) is 5.24. The maximum Gasteiger partial charge on any atom is 0.302 e. The maximum absolute atomic E-state index is 11.9. The topological polar surface area (TPSA) is 85.2 Å². The number of esters is 1. The largest absolute Gasteiger partial charge is 0.497 e. The summed E-state index contributed by atoms with van der Waals surface area (Å²) in [7, 11) is 0. The predicted octanol–water partition coefficient (Wildman–Crippen LogP) is 3.06. The summed E-state index contributed by atoms with van der Waals surface area (Å²) < 4.78 is 18.5. The minimum absolute atomic E-state index is 0.202. The van der Waals surface area contributed by atoms with Gasteiger partial charge in [-0.25, -0.2) is 0 Å². The molecule has 2 bridgehead atoms. The van der Waals surface area contributed by atoms with E-state index < -0.39 is 41.0 Å². The summed E-state index contributed by atoms with van der Waals surface area (Å²) in [6.07, 6.45) is 2.29. The Balaban J connectivity index is 1.74. The van der Waals surface area contributed by atoms with Gasteiger partial charge in [0.2, 0.25) is 0 Å². The zero-order chi connectivity index (χ0) is 21.7. The van der Waals surface area contributed by atoms with Crippen molar-refractivity contribution < 1.29 is 29.2 Å². The van der Waals surface area contributed by atoms with Gasteiger partial charge in [0, 0.05) is 12.8 Å². The highest BCUT2D eigenvalue weighted by Gasteiger charge is 2.78. The smallest absolute Gasteiger partial charge is 0.302 e. The molecule has 0 unspecified atom stereocenters. The normalized spacial score (nSPS) is 42.0. The first-order valence-electron chi connectivity index (χ1n) is 10.7. The highest BCUT2D eigenvalue weighted by Crippen LogP contribution is 2.65. The standard InChI is InChI=1S/C24H32O6/c1-15(25)29-19-11-10-18(26)24-21(27)17(22(2,3)30-24)14-20(23(19,24)4)28-13-12-16-8-6-5-7-9-16/h5-9,12-13,17-21,26-27H,10-11,14H2,1-4H3/t17-,18-,19+,20+,21-,23+,24-/m1/s1. The molecule has 1 heterocycles. The second-order valence-corrected chi connectivity index (χ2v) is 9.60. The summed E-state index contributed by atoms with van der Waals surface area (Å²) in [5.74, 6) is -0.591. The quantitative estimate of drug-likeness (QED) is 0.580. The van der Waals surface area contributed by atoms with E-state index in [0.29, 0.717) is 19.3 Å². The van der Waals surface area contributed by atoms with E-state index in [1.165, 1.54) is 6.92 Å². The van der Waals surface area contributed by atoms with Crippen LogP contribution < -0.4 is 0 Å². The summed E-state index contributed by atoms with van der Waals surface area (Å²) in [5.41, 5.74) is -1.81. The van der Waals surface area contributed by atoms with Gasteiger partial charge in [-0.3, -0.25) is 4.79 Å². The molecule has 0 radical (unpaired) electrons. The van der Waals surface area contributed by atoms with Crippen molar-refractivity contribution in [3.63, 3.8) is 0 Å². The number of rotatable bonds is 4. The molecule has 1 saturated heterocycles. The summed E-state index contributed by atoms with van der Waals surface area (Å²) in [6.45, 7) is 7.19. The van der Waals surface area contributed by atoms with E-state index in [0.717, 1.165) is 5.56 Å². The highest BCUT2D eigenvalue weighted by molar-refractivity contribution is 5.66. The van der Waals surface area contributed by atoms with Crippen LogP contribution in [0.1, 0.15) is 52.5 Å². The maximum atomic E-state index is 11.9. The Morgan fingerprint density at radius 3 is 2.50 bits per heavy atom. The average Bonchev–Trinajstić information content (AvgIpc) is 2.84. The second kappa shape index (κ2) is 7.36. The van der Waals surface area contributed by atoms with Crippen molar-refractivity contribution in [1.82, 2.24) is 0 Å². The van der Waals surface area contributed by atoms with Gasteiger partial charge in [-0.15, -0.1) is 0 Å². The number of hydrogen-bond donors (Lipinski definition) is 2. The van der Waals surface area contributed by atoms with Crippen LogP contribution in [-0.4, -0.2) is 51.8 Å². The van der Waals surface area contributed by atoms with Gasteiger partial charge in [0.1, 0.15) is 17.8 Å². The third kappa shape index (κ3) is 3.00. The molecule has 0 amide bonds. The molecule has 6 heteroatoms. The van der Waals surface area contributed by atoms with E-state index >= 15 is 0 Å². The van der Waals surface area contributed by atoms with Crippen molar-refractivity contribution in [2.75, 3.05) is 0 Å². The molecule has 1 aromatic rings. The number of aliphatic hydroxyl groups excluding tert-OH is 2. The van der Waals surface area contributed by atoms with Gasteiger partial charge in [-0.2, -0.15) is 0 Å². The van der Waals surface area contributed by atoms with Gasteiger partial charge >= 0.3 is 5.97 Å². The van der Waals surface area contributed by atoms with Crippen LogP contribution in [0, 0.1) is 11.3 Å². The van der Waals surface area contributed by atoms with Crippen molar-refractivity contribution in [1.29, 1.82) is 0 Å². The van der Waals surface area contributed by atoms with Crippen LogP contribution in [0.4, 0.5) is 0 Å². The number of carbonyl (C=O) groups excluding carboxylic acids is 1. The van der Waals surface area contributed by atoms with E-state index in [1.54, 1.807) is 6.26 Å². The molecule has 7 atom stereocenters. The molecule has 1 aliphatic heterocycles. The van der Waals surface area contributed by atoms with Crippen LogP contribution >= 0.6 is 0 Å². The zero-order valence-corrected chi connectivity index (χ0v) is 18.1. The fourth-order valence-electron chi connectivity index (χ4n) is 6.08. The number of aliphatic hydroxyl groups is 2. The SMILES string of the molecule is CC(=O)O[C@H]1CC[C@@H](O)[C@]23OC(C)(C)[C@H](C[C@H](OC=Cc4ccccc4)[C@]12C)[C@H]3O. The van der Waals surface area contributed by atoms with Crippen molar-refractivity contribution in [2.45, 2.75) is 82.6 Å². The fourth-order valence-corrected chi connectivity index (χ4v) is 6.08. The molecule has 0 aromatic heterocycles. The molecule has 1 spiro atoms. The molecule has 3 fully saturated rings. The lowest BCUT2D eigenvalue weighted by atomic mass is 9.51.